The van der Waals surface area contributed by atoms with Gasteiger partial charge in [0.25, 0.3) is 0 Å². The van der Waals surface area contributed by atoms with Crippen molar-refractivity contribution in [3.05, 3.63) is 23.8 Å². The van der Waals surface area contributed by atoms with E-state index in [0.717, 1.165) is 45.4 Å². The summed E-state index contributed by atoms with van der Waals surface area (Å²) in [5, 5.41) is 12.8. The zero-order valence-corrected chi connectivity index (χ0v) is 14.2. The largest absolute Gasteiger partial charge is 0.506 e. The summed E-state index contributed by atoms with van der Waals surface area (Å²) in [6.45, 7) is 7.67. The third kappa shape index (κ3) is 4.94. The zero-order chi connectivity index (χ0) is 16.8. The molecular formula is C18H29N3O2. The van der Waals surface area contributed by atoms with Crippen molar-refractivity contribution in [3.63, 3.8) is 0 Å². The second kappa shape index (κ2) is 8.31. The molecule has 1 fully saturated rings. The fourth-order valence-corrected chi connectivity index (χ4v) is 2.99. The minimum atomic E-state index is -0.108. The number of nitrogens with one attached hydrogen (secondary N) is 1. The van der Waals surface area contributed by atoms with Gasteiger partial charge in [0.15, 0.2) is 0 Å². The zero-order valence-electron chi connectivity index (χ0n) is 14.2. The number of rotatable bonds is 6. The molecule has 0 aromatic heterocycles. The summed E-state index contributed by atoms with van der Waals surface area (Å²) in [7, 11) is 0. The number of piperidine rings is 1. The molecule has 0 unspecified atom stereocenters. The van der Waals surface area contributed by atoms with Gasteiger partial charge in [0, 0.05) is 5.92 Å². The minimum Gasteiger partial charge on any atom is -0.506 e. The Hall–Kier alpha value is -1.59. The number of nitrogens with zero attached hydrogens (tertiary/aromatic N) is 1. The average Bonchev–Trinajstić information content (AvgIpc) is 2.55. The Morgan fingerprint density at radius 3 is 2.70 bits per heavy atom. The summed E-state index contributed by atoms with van der Waals surface area (Å²) in [6, 6.07) is 5.59. The lowest BCUT2D eigenvalue weighted by molar-refractivity contribution is -0.118. The highest BCUT2D eigenvalue weighted by Gasteiger charge is 2.21. The molecule has 4 N–H and O–H groups in total. The van der Waals surface area contributed by atoms with Gasteiger partial charge in [-0.1, -0.05) is 19.9 Å². The highest BCUT2D eigenvalue weighted by molar-refractivity contribution is 5.93. The quantitative estimate of drug-likeness (QED) is 0.704. The predicted molar refractivity (Wildman–Crippen MR) is 93.7 cm³/mol. The monoisotopic (exact) mass is 319 g/mol. The third-order valence-electron chi connectivity index (χ3n) is 4.54. The molecule has 1 aliphatic rings. The highest BCUT2D eigenvalue weighted by Crippen LogP contribution is 2.33. The minimum absolute atomic E-state index is 0.0750. The summed E-state index contributed by atoms with van der Waals surface area (Å²) in [5.41, 5.74) is 7.29. The van der Waals surface area contributed by atoms with Crippen LogP contribution in [0.3, 0.4) is 0 Å². The normalized spacial score (nSPS) is 16.7. The van der Waals surface area contributed by atoms with Gasteiger partial charge in [0.05, 0.1) is 5.69 Å². The van der Waals surface area contributed by atoms with Crippen LogP contribution < -0.4 is 11.1 Å². The van der Waals surface area contributed by atoms with Gasteiger partial charge in [-0.2, -0.15) is 0 Å². The van der Waals surface area contributed by atoms with Crippen molar-refractivity contribution >= 4 is 11.6 Å². The number of hydrogen-bond acceptors (Lipinski definition) is 4. The Morgan fingerprint density at radius 1 is 1.39 bits per heavy atom. The molecule has 1 heterocycles. The molecule has 1 aliphatic heterocycles. The fourth-order valence-electron chi connectivity index (χ4n) is 2.99. The van der Waals surface area contributed by atoms with Gasteiger partial charge in [-0.15, -0.1) is 0 Å². The molecule has 1 amide bonds. The molecule has 1 saturated heterocycles. The van der Waals surface area contributed by atoms with E-state index in [1.165, 1.54) is 5.56 Å². The predicted octanol–water partition coefficient (Wildman–Crippen LogP) is 2.51. The van der Waals surface area contributed by atoms with Crippen molar-refractivity contribution < 1.29 is 9.90 Å². The van der Waals surface area contributed by atoms with Gasteiger partial charge in [0.2, 0.25) is 5.91 Å². The second-order valence-corrected chi connectivity index (χ2v) is 6.68. The average molecular weight is 319 g/mol. The molecule has 5 heteroatoms. The van der Waals surface area contributed by atoms with E-state index in [-0.39, 0.29) is 17.6 Å². The molecule has 5 nitrogen and oxygen atoms in total. The SMILES string of the molecule is CC(C)C(=O)Nc1cc(C2CCN(CCCN)CC2)ccc1O. The molecule has 0 aliphatic carbocycles. The molecule has 1 aromatic carbocycles. The Morgan fingerprint density at radius 2 is 2.09 bits per heavy atom. The van der Waals surface area contributed by atoms with Gasteiger partial charge in [-0.05, 0) is 69.1 Å². The lowest BCUT2D eigenvalue weighted by Gasteiger charge is -2.32. The molecule has 23 heavy (non-hydrogen) atoms. The van der Waals surface area contributed by atoms with Crippen LogP contribution in [0.25, 0.3) is 0 Å². The molecule has 0 radical (unpaired) electrons. The smallest absolute Gasteiger partial charge is 0.227 e. The lowest BCUT2D eigenvalue weighted by atomic mass is 9.89. The van der Waals surface area contributed by atoms with Crippen molar-refractivity contribution in [2.75, 3.05) is 31.5 Å². The van der Waals surface area contributed by atoms with Gasteiger partial charge < -0.3 is 21.1 Å². The number of likely N-dealkylation sites (tertiary alicyclic amines) is 1. The lowest BCUT2D eigenvalue weighted by Crippen LogP contribution is -2.34. The molecule has 0 spiro atoms. The number of anilines is 1. The van der Waals surface area contributed by atoms with Crippen LogP contribution >= 0.6 is 0 Å². The number of carbonyl (C=O) groups excluding carboxylic acids is 1. The van der Waals surface area contributed by atoms with Crippen molar-refractivity contribution in [1.82, 2.24) is 4.90 Å². The van der Waals surface area contributed by atoms with E-state index in [4.69, 9.17) is 5.73 Å². The Bertz CT molecular complexity index is 523. The van der Waals surface area contributed by atoms with Crippen LogP contribution in [0.15, 0.2) is 18.2 Å². The van der Waals surface area contributed by atoms with E-state index < -0.39 is 0 Å². The van der Waals surface area contributed by atoms with Crippen molar-refractivity contribution in [2.45, 2.75) is 39.0 Å². The van der Waals surface area contributed by atoms with Crippen LogP contribution in [0.1, 0.15) is 44.6 Å². The fraction of sp³-hybridized carbons (Fsp3) is 0.611. The molecule has 2 rings (SSSR count). The van der Waals surface area contributed by atoms with Gasteiger partial charge in [0.1, 0.15) is 5.75 Å². The van der Waals surface area contributed by atoms with Crippen LogP contribution in [0.5, 0.6) is 5.75 Å². The Labute approximate surface area is 138 Å². The van der Waals surface area contributed by atoms with Crippen LogP contribution in [-0.4, -0.2) is 42.1 Å². The van der Waals surface area contributed by atoms with Crippen LogP contribution in [0.2, 0.25) is 0 Å². The summed E-state index contributed by atoms with van der Waals surface area (Å²) in [6.07, 6.45) is 3.26. The highest BCUT2D eigenvalue weighted by atomic mass is 16.3. The topological polar surface area (TPSA) is 78.6 Å². The number of benzene rings is 1. The summed E-state index contributed by atoms with van der Waals surface area (Å²) >= 11 is 0. The second-order valence-electron chi connectivity index (χ2n) is 6.68. The van der Waals surface area contributed by atoms with E-state index >= 15 is 0 Å². The van der Waals surface area contributed by atoms with Crippen LogP contribution in [0.4, 0.5) is 5.69 Å². The molecule has 0 saturated carbocycles. The van der Waals surface area contributed by atoms with E-state index in [2.05, 4.69) is 10.2 Å². The first-order valence-corrected chi connectivity index (χ1v) is 8.57. The standard InChI is InChI=1S/C18H29N3O2/c1-13(2)18(23)20-16-12-15(4-5-17(16)22)14-6-10-21(11-7-14)9-3-8-19/h4-5,12-14,22H,3,6-11,19H2,1-2H3,(H,20,23). The number of phenols is 1. The van der Waals surface area contributed by atoms with Gasteiger partial charge in [-0.25, -0.2) is 0 Å². The van der Waals surface area contributed by atoms with E-state index in [0.29, 0.717) is 11.6 Å². The number of nitrogens with two attached hydrogens (primary N) is 1. The Kier molecular flexibility index (Phi) is 6.42. The van der Waals surface area contributed by atoms with Crippen LogP contribution in [-0.2, 0) is 4.79 Å². The number of phenolic OH excluding ortho intramolecular Hbond substituents is 1. The number of carbonyl (C=O) groups is 1. The number of aromatic hydroxyl groups is 1. The molecule has 128 valence electrons. The molecule has 0 bridgehead atoms. The summed E-state index contributed by atoms with van der Waals surface area (Å²) in [5.74, 6) is 0.431. The third-order valence-corrected chi connectivity index (χ3v) is 4.54. The van der Waals surface area contributed by atoms with Gasteiger partial charge in [-0.3, -0.25) is 4.79 Å². The maximum absolute atomic E-state index is 11.9. The molecule has 1 aromatic rings. The first-order valence-electron chi connectivity index (χ1n) is 8.57. The maximum Gasteiger partial charge on any atom is 0.227 e. The first-order chi connectivity index (χ1) is 11.0. The number of hydrogen-bond donors (Lipinski definition) is 3. The molecule has 0 atom stereocenters. The summed E-state index contributed by atoms with van der Waals surface area (Å²) < 4.78 is 0. The van der Waals surface area contributed by atoms with Crippen molar-refractivity contribution in [3.8, 4) is 5.75 Å². The van der Waals surface area contributed by atoms with E-state index in [1.807, 2.05) is 26.0 Å². The number of amides is 1. The van der Waals surface area contributed by atoms with Crippen molar-refractivity contribution in [1.29, 1.82) is 0 Å². The van der Waals surface area contributed by atoms with E-state index in [1.54, 1.807) is 6.07 Å². The molecular weight excluding hydrogens is 290 g/mol. The maximum atomic E-state index is 11.9. The van der Waals surface area contributed by atoms with E-state index in [9.17, 15) is 9.90 Å². The van der Waals surface area contributed by atoms with Gasteiger partial charge >= 0.3 is 0 Å². The van der Waals surface area contributed by atoms with Crippen molar-refractivity contribution in [2.24, 2.45) is 11.7 Å². The summed E-state index contributed by atoms with van der Waals surface area (Å²) in [4.78, 5) is 14.3. The Balaban J connectivity index is 2.00. The van der Waals surface area contributed by atoms with Crippen LogP contribution in [0, 0.1) is 5.92 Å². The first kappa shape index (κ1) is 17.8.